The summed E-state index contributed by atoms with van der Waals surface area (Å²) < 4.78 is 5.84. The number of carboxylic acids is 1. The molecule has 0 aliphatic heterocycles. The van der Waals surface area contributed by atoms with Crippen molar-refractivity contribution in [1.29, 1.82) is 0 Å². The number of anilines is 1. The van der Waals surface area contributed by atoms with Gasteiger partial charge in [-0.3, -0.25) is 0 Å². The molecule has 1 fully saturated rings. The van der Waals surface area contributed by atoms with Gasteiger partial charge in [-0.15, -0.1) is 0 Å². The summed E-state index contributed by atoms with van der Waals surface area (Å²) in [6.07, 6.45) is 2.78. The number of carboxylic acid groups (broad SMARTS) is 1. The van der Waals surface area contributed by atoms with Crippen LogP contribution in [0.3, 0.4) is 0 Å². The predicted molar refractivity (Wildman–Crippen MR) is 81.7 cm³/mol. The number of benzene rings is 1. The fourth-order valence-electron chi connectivity index (χ4n) is 2.52. The normalized spacial score (nSPS) is 21.0. The third kappa shape index (κ3) is 3.74. The number of ether oxygens (including phenoxy) is 1. The monoisotopic (exact) mass is 356 g/mol. The Morgan fingerprint density at radius 3 is 2.81 bits per heavy atom. The predicted octanol–water partition coefficient (Wildman–Crippen LogP) is 2.84. The van der Waals surface area contributed by atoms with Gasteiger partial charge in [0, 0.05) is 11.6 Å². The van der Waals surface area contributed by atoms with Crippen LogP contribution in [0.5, 0.6) is 0 Å². The maximum atomic E-state index is 12.1. The summed E-state index contributed by atoms with van der Waals surface area (Å²) in [6, 6.07) is 4.24. The van der Waals surface area contributed by atoms with Gasteiger partial charge in [-0.05, 0) is 47.3 Å². The van der Waals surface area contributed by atoms with E-state index in [-0.39, 0.29) is 23.4 Å². The first-order valence-electron chi connectivity index (χ1n) is 6.65. The van der Waals surface area contributed by atoms with Gasteiger partial charge in [0.15, 0.2) is 0 Å². The van der Waals surface area contributed by atoms with E-state index in [1.54, 1.807) is 19.2 Å². The number of carbonyl (C=O) groups is 2. The quantitative estimate of drug-likeness (QED) is 0.773. The molecule has 2 amide bonds. The zero-order valence-electron chi connectivity index (χ0n) is 11.6. The Bertz CT molecular complexity index is 550. The molecule has 7 heteroatoms. The summed E-state index contributed by atoms with van der Waals surface area (Å²) in [5.74, 6) is -1.10. The van der Waals surface area contributed by atoms with Crippen LogP contribution < -0.4 is 10.6 Å². The number of amides is 2. The van der Waals surface area contributed by atoms with Crippen LogP contribution in [0, 0.1) is 0 Å². The van der Waals surface area contributed by atoms with Crippen molar-refractivity contribution in [2.24, 2.45) is 0 Å². The highest BCUT2D eigenvalue weighted by molar-refractivity contribution is 9.10. The Balaban J connectivity index is 2.08. The first kappa shape index (κ1) is 15.8. The summed E-state index contributed by atoms with van der Waals surface area (Å²) in [4.78, 5) is 23.3. The Morgan fingerprint density at radius 1 is 1.38 bits per heavy atom. The van der Waals surface area contributed by atoms with Crippen LogP contribution in [0.25, 0.3) is 0 Å². The summed E-state index contributed by atoms with van der Waals surface area (Å²) in [5, 5.41) is 14.6. The van der Waals surface area contributed by atoms with Gasteiger partial charge in [0.25, 0.3) is 0 Å². The molecule has 6 nitrogen and oxygen atoms in total. The average Bonchev–Trinajstić information content (AvgIpc) is 2.87. The van der Waals surface area contributed by atoms with Gasteiger partial charge < -0.3 is 20.5 Å². The Kier molecular flexibility index (Phi) is 5.19. The van der Waals surface area contributed by atoms with Crippen molar-refractivity contribution < 1.29 is 19.4 Å². The van der Waals surface area contributed by atoms with E-state index < -0.39 is 12.0 Å². The maximum absolute atomic E-state index is 12.1. The van der Waals surface area contributed by atoms with Crippen molar-refractivity contribution in [3.63, 3.8) is 0 Å². The standard InChI is InChI=1S/C14H17BrN2O4/c1-21-11-7-3-6-10(11)16-14(20)17-12-8(13(18)19)4-2-5-9(12)15/h2,4-5,10-11H,3,6-7H2,1H3,(H,18,19)(H2,16,17,20). The van der Waals surface area contributed by atoms with Gasteiger partial charge in [-0.2, -0.15) is 0 Å². The molecule has 0 bridgehead atoms. The van der Waals surface area contributed by atoms with E-state index in [0.717, 1.165) is 19.3 Å². The molecule has 0 saturated heterocycles. The second kappa shape index (κ2) is 6.91. The molecule has 114 valence electrons. The van der Waals surface area contributed by atoms with Gasteiger partial charge in [0.05, 0.1) is 23.4 Å². The molecule has 1 saturated carbocycles. The molecule has 0 heterocycles. The lowest BCUT2D eigenvalue weighted by Crippen LogP contribution is -2.43. The lowest BCUT2D eigenvalue weighted by molar-refractivity contribution is 0.0698. The van der Waals surface area contributed by atoms with E-state index in [9.17, 15) is 9.59 Å². The number of hydrogen-bond acceptors (Lipinski definition) is 3. The zero-order valence-corrected chi connectivity index (χ0v) is 13.1. The summed E-state index contributed by atoms with van der Waals surface area (Å²) in [7, 11) is 1.62. The molecule has 0 aromatic heterocycles. The Labute approximate surface area is 131 Å². The number of rotatable bonds is 4. The minimum absolute atomic E-state index is 0.00825. The van der Waals surface area contributed by atoms with E-state index in [2.05, 4.69) is 26.6 Å². The van der Waals surface area contributed by atoms with E-state index in [4.69, 9.17) is 9.84 Å². The molecule has 0 radical (unpaired) electrons. The molecule has 21 heavy (non-hydrogen) atoms. The fraction of sp³-hybridized carbons (Fsp3) is 0.429. The SMILES string of the molecule is COC1CCCC1NC(=O)Nc1c(Br)cccc1C(=O)O. The summed E-state index contributed by atoms with van der Waals surface area (Å²) in [6.45, 7) is 0. The van der Waals surface area contributed by atoms with Crippen molar-refractivity contribution in [3.8, 4) is 0 Å². The fourth-order valence-corrected chi connectivity index (χ4v) is 2.99. The number of urea groups is 1. The highest BCUT2D eigenvalue weighted by atomic mass is 79.9. The molecule has 2 atom stereocenters. The maximum Gasteiger partial charge on any atom is 0.337 e. The molecular formula is C14H17BrN2O4. The largest absolute Gasteiger partial charge is 0.478 e. The highest BCUT2D eigenvalue weighted by Gasteiger charge is 2.28. The molecular weight excluding hydrogens is 340 g/mol. The number of hydrogen-bond donors (Lipinski definition) is 3. The lowest BCUT2D eigenvalue weighted by Gasteiger charge is -2.20. The molecule has 1 aliphatic rings. The van der Waals surface area contributed by atoms with Crippen LogP contribution in [0.1, 0.15) is 29.6 Å². The summed E-state index contributed by atoms with van der Waals surface area (Å²) in [5.41, 5.74) is 0.281. The molecule has 2 rings (SSSR count). The third-order valence-corrected chi connectivity index (χ3v) is 4.22. The average molecular weight is 357 g/mol. The molecule has 1 aromatic carbocycles. The Hall–Kier alpha value is -1.60. The van der Waals surface area contributed by atoms with Crippen LogP contribution >= 0.6 is 15.9 Å². The molecule has 3 N–H and O–H groups in total. The van der Waals surface area contributed by atoms with E-state index in [1.807, 2.05) is 0 Å². The minimum Gasteiger partial charge on any atom is -0.478 e. The molecule has 2 unspecified atom stereocenters. The first-order chi connectivity index (χ1) is 10.0. The van der Waals surface area contributed by atoms with Gasteiger partial charge in [0.1, 0.15) is 0 Å². The van der Waals surface area contributed by atoms with E-state index >= 15 is 0 Å². The van der Waals surface area contributed by atoms with Crippen molar-refractivity contribution in [3.05, 3.63) is 28.2 Å². The Morgan fingerprint density at radius 2 is 2.14 bits per heavy atom. The van der Waals surface area contributed by atoms with Crippen molar-refractivity contribution in [2.75, 3.05) is 12.4 Å². The van der Waals surface area contributed by atoms with Crippen LogP contribution in [-0.4, -0.2) is 36.4 Å². The first-order valence-corrected chi connectivity index (χ1v) is 7.44. The second-order valence-electron chi connectivity index (χ2n) is 4.88. The number of carbonyl (C=O) groups excluding carboxylic acids is 1. The number of halogens is 1. The van der Waals surface area contributed by atoms with Crippen molar-refractivity contribution in [1.82, 2.24) is 5.32 Å². The molecule has 0 spiro atoms. The van der Waals surface area contributed by atoms with Gasteiger partial charge in [-0.1, -0.05) is 6.07 Å². The third-order valence-electron chi connectivity index (χ3n) is 3.55. The van der Waals surface area contributed by atoms with E-state index in [0.29, 0.717) is 4.47 Å². The van der Waals surface area contributed by atoms with Gasteiger partial charge in [-0.25, -0.2) is 9.59 Å². The minimum atomic E-state index is -1.10. The number of para-hydroxylation sites is 1. The lowest BCUT2D eigenvalue weighted by atomic mass is 10.2. The van der Waals surface area contributed by atoms with Crippen molar-refractivity contribution in [2.45, 2.75) is 31.4 Å². The molecule has 1 aliphatic carbocycles. The van der Waals surface area contributed by atoms with Crippen LogP contribution in [0.2, 0.25) is 0 Å². The van der Waals surface area contributed by atoms with Gasteiger partial charge >= 0.3 is 12.0 Å². The van der Waals surface area contributed by atoms with Crippen LogP contribution in [0.15, 0.2) is 22.7 Å². The number of nitrogens with one attached hydrogen (secondary N) is 2. The van der Waals surface area contributed by atoms with Gasteiger partial charge in [0.2, 0.25) is 0 Å². The van der Waals surface area contributed by atoms with Crippen molar-refractivity contribution >= 4 is 33.6 Å². The number of aromatic carboxylic acids is 1. The van der Waals surface area contributed by atoms with E-state index in [1.165, 1.54) is 6.07 Å². The zero-order chi connectivity index (χ0) is 15.4. The van der Waals surface area contributed by atoms with Crippen LogP contribution in [0.4, 0.5) is 10.5 Å². The summed E-state index contributed by atoms with van der Waals surface area (Å²) >= 11 is 3.25. The highest BCUT2D eigenvalue weighted by Crippen LogP contribution is 2.27. The van der Waals surface area contributed by atoms with Crippen LogP contribution in [-0.2, 0) is 4.74 Å². The molecule has 1 aromatic rings. The smallest absolute Gasteiger partial charge is 0.337 e. The number of methoxy groups -OCH3 is 1. The second-order valence-corrected chi connectivity index (χ2v) is 5.73. The topological polar surface area (TPSA) is 87.7 Å².